The molecule has 0 radical (unpaired) electrons. The van der Waals surface area contributed by atoms with Crippen LogP contribution < -0.4 is 5.32 Å². The molecule has 0 saturated heterocycles. The predicted octanol–water partition coefficient (Wildman–Crippen LogP) is 3.09. The summed E-state index contributed by atoms with van der Waals surface area (Å²) in [6.07, 6.45) is 4.24. The number of hydrogen-bond donors (Lipinski definition) is 2. The molecule has 1 aliphatic carbocycles. The zero-order valence-corrected chi connectivity index (χ0v) is 12.5. The summed E-state index contributed by atoms with van der Waals surface area (Å²) < 4.78 is 0.873. The van der Waals surface area contributed by atoms with Gasteiger partial charge in [0.05, 0.1) is 9.94 Å². The van der Waals surface area contributed by atoms with Crippen molar-refractivity contribution in [2.45, 2.75) is 31.4 Å². The molecule has 2 atom stereocenters. The van der Waals surface area contributed by atoms with Crippen LogP contribution in [-0.2, 0) is 6.42 Å². The first kappa shape index (κ1) is 13.7. The van der Waals surface area contributed by atoms with Gasteiger partial charge in [0, 0.05) is 23.2 Å². The minimum Gasteiger partial charge on any atom is -0.388 e. The van der Waals surface area contributed by atoms with Gasteiger partial charge in [0.25, 0.3) is 0 Å². The Morgan fingerprint density at radius 3 is 3.18 bits per heavy atom. The number of fused-ring (bicyclic) bond motifs is 1. The van der Waals surface area contributed by atoms with E-state index in [1.807, 2.05) is 13.2 Å². The van der Waals surface area contributed by atoms with E-state index in [4.69, 9.17) is 11.6 Å². The van der Waals surface area contributed by atoms with Gasteiger partial charge in [-0.05, 0) is 37.7 Å². The molecular weight excluding hydrogens is 274 g/mol. The third kappa shape index (κ3) is 3.38. The van der Waals surface area contributed by atoms with Crippen molar-refractivity contribution < 1.29 is 5.11 Å². The van der Waals surface area contributed by atoms with Crippen molar-refractivity contribution in [3.63, 3.8) is 0 Å². The van der Waals surface area contributed by atoms with Crippen molar-refractivity contribution >= 4 is 34.7 Å². The molecule has 2 rings (SSSR count). The van der Waals surface area contributed by atoms with E-state index in [2.05, 4.69) is 11.4 Å². The van der Waals surface area contributed by atoms with Crippen molar-refractivity contribution in [2.24, 2.45) is 0 Å². The Kier molecular flexibility index (Phi) is 4.42. The smallest absolute Gasteiger partial charge is 0.0934 e. The number of nitrogens with one attached hydrogen (secondary N) is 1. The highest BCUT2D eigenvalue weighted by molar-refractivity contribution is 7.98. The Morgan fingerprint density at radius 2 is 2.47 bits per heavy atom. The van der Waals surface area contributed by atoms with Crippen LogP contribution in [0.15, 0.2) is 6.07 Å². The topological polar surface area (TPSA) is 32.3 Å². The molecule has 0 bridgehead atoms. The minimum atomic E-state index is -0.637. The quantitative estimate of drug-likeness (QED) is 0.874. The fourth-order valence-electron chi connectivity index (χ4n) is 2.25. The van der Waals surface area contributed by atoms with Crippen molar-refractivity contribution in [1.29, 1.82) is 0 Å². The van der Waals surface area contributed by atoms with Gasteiger partial charge in [-0.25, -0.2) is 0 Å². The monoisotopic (exact) mass is 291 g/mol. The van der Waals surface area contributed by atoms with E-state index in [1.165, 1.54) is 10.4 Å². The molecule has 2 N–H and O–H groups in total. The summed E-state index contributed by atoms with van der Waals surface area (Å²) in [7, 11) is 0. The zero-order valence-electron chi connectivity index (χ0n) is 10.1. The van der Waals surface area contributed by atoms with Gasteiger partial charge in [-0.1, -0.05) is 11.6 Å². The van der Waals surface area contributed by atoms with Gasteiger partial charge in [-0.3, -0.25) is 0 Å². The number of aryl methyl sites for hydroxylation is 1. The zero-order chi connectivity index (χ0) is 12.5. The average molecular weight is 292 g/mol. The molecule has 2 nitrogen and oxygen atoms in total. The van der Waals surface area contributed by atoms with E-state index in [0.29, 0.717) is 12.6 Å². The van der Waals surface area contributed by atoms with E-state index >= 15 is 0 Å². The summed E-state index contributed by atoms with van der Waals surface area (Å²) >= 11 is 9.38. The lowest BCUT2D eigenvalue weighted by Crippen LogP contribution is -2.41. The summed E-state index contributed by atoms with van der Waals surface area (Å²) in [6.45, 7) is 2.51. The molecule has 0 saturated carbocycles. The maximum absolute atomic E-state index is 10.1. The van der Waals surface area contributed by atoms with Crippen LogP contribution in [0.5, 0.6) is 0 Å². The van der Waals surface area contributed by atoms with Gasteiger partial charge in [-0.2, -0.15) is 11.8 Å². The molecule has 17 heavy (non-hydrogen) atoms. The summed E-state index contributed by atoms with van der Waals surface area (Å²) in [5, 5.41) is 13.6. The van der Waals surface area contributed by atoms with Gasteiger partial charge in [0.15, 0.2) is 0 Å². The second-order valence-electron chi connectivity index (χ2n) is 4.83. The normalized spacial score (nSPS) is 22.5. The molecule has 0 aromatic carbocycles. The molecule has 96 valence electrons. The van der Waals surface area contributed by atoms with Crippen LogP contribution in [-0.4, -0.2) is 29.3 Å². The van der Waals surface area contributed by atoms with Crippen LogP contribution in [0.1, 0.15) is 29.8 Å². The van der Waals surface area contributed by atoms with Gasteiger partial charge in [0.1, 0.15) is 0 Å². The van der Waals surface area contributed by atoms with Gasteiger partial charge < -0.3 is 10.4 Å². The lowest BCUT2D eigenvalue weighted by Gasteiger charge is -2.25. The Labute approximate surface area is 116 Å². The molecule has 1 aliphatic rings. The Hall–Kier alpha value is 0.260. The van der Waals surface area contributed by atoms with Crippen LogP contribution in [0.3, 0.4) is 0 Å². The van der Waals surface area contributed by atoms with Crippen LogP contribution in [0.25, 0.3) is 0 Å². The first-order valence-electron chi connectivity index (χ1n) is 5.74. The van der Waals surface area contributed by atoms with Gasteiger partial charge >= 0.3 is 0 Å². The van der Waals surface area contributed by atoms with Crippen LogP contribution in [0.4, 0.5) is 0 Å². The summed E-state index contributed by atoms with van der Waals surface area (Å²) in [6, 6.07) is 2.43. The highest BCUT2D eigenvalue weighted by atomic mass is 35.5. The third-order valence-corrected chi connectivity index (χ3v) is 5.28. The van der Waals surface area contributed by atoms with Crippen molar-refractivity contribution in [2.75, 3.05) is 18.6 Å². The summed E-state index contributed by atoms with van der Waals surface area (Å²) in [5.41, 5.74) is 0.696. The van der Waals surface area contributed by atoms with Gasteiger partial charge in [-0.15, -0.1) is 11.3 Å². The summed E-state index contributed by atoms with van der Waals surface area (Å²) in [4.78, 5) is 1.40. The first-order chi connectivity index (χ1) is 8.02. The van der Waals surface area contributed by atoms with Gasteiger partial charge in [0.2, 0.25) is 0 Å². The highest BCUT2D eigenvalue weighted by Crippen LogP contribution is 2.39. The fraction of sp³-hybridized carbons (Fsp3) is 0.667. The molecule has 0 spiro atoms. The standard InChI is InChI=1S/C12H18ClNOS2/c1-12(15,7-16-2)6-14-9-3-4-10-8(9)5-11(13)17-10/h5,9,14-15H,3-4,6-7H2,1-2H3. The Balaban J connectivity index is 1.93. The van der Waals surface area contributed by atoms with Crippen LogP contribution >= 0.6 is 34.7 Å². The van der Waals surface area contributed by atoms with Crippen molar-refractivity contribution in [1.82, 2.24) is 5.32 Å². The maximum Gasteiger partial charge on any atom is 0.0934 e. The number of rotatable bonds is 5. The highest BCUT2D eigenvalue weighted by Gasteiger charge is 2.27. The Morgan fingerprint density at radius 1 is 1.71 bits per heavy atom. The number of aliphatic hydroxyl groups is 1. The minimum absolute atomic E-state index is 0.363. The lowest BCUT2D eigenvalue weighted by atomic mass is 10.1. The van der Waals surface area contributed by atoms with Crippen molar-refractivity contribution in [3.8, 4) is 0 Å². The van der Waals surface area contributed by atoms with E-state index in [9.17, 15) is 5.11 Å². The third-order valence-electron chi connectivity index (χ3n) is 3.03. The molecule has 5 heteroatoms. The number of hydrogen-bond acceptors (Lipinski definition) is 4. The number of halogens is 1. The number of thioether (sulfide) groups is 1. The Bertz CT molecular complexity index is 392. The van der Waals surface area contributed by atoms with E-state index in [1.54, 1.807) is 23.1 Å². The second kappa shape index (κ2) is 5.49. The number of thiophene rings is 1. The molecular formula is C12H18ClNOS2. The SMILES string of the molecule is CSCC(C)(O)CNC1CCc2sc(Cl)cc21. The lowest BCUT2D eigenvalue weighted by molar-refractivity contribution is 0.0814. The van der Waals surface area contributed by atoms with E-state index in [-0.39, 0.29) is 0 Å². The van der Waals surface area contributed by atoms with Crippen molar-refractivity contribution in [3.05, 3.63) is 20.8 Å². The molecule has 0 fully saturated rings. The molecule has 0 aliphatic heterocycles. The maximum atomic E-state index is 10.1. The predicted molar refractivity (Wildman–Crippen MR) is 77.4 cm³/mol. The van der Waals surface area contributed by atoms with Crippen LogP contribution in [0.2, 0.25) is 4.34 Å². The molecule has 0 amide bonds. The van der Waals surface area contributed by atoms with E-state index < -0.39 is 5.60 Å². The largest absolute Gasteiger partial charge is 0.388 e. The molecule has 1 heterocycles. The second-order valence-corrected chi connectivity index (χ2v) is 7.47. The van der Waals surface area contributed by atoms with E-state index in [0.717, 1.165) is 22.9 Å². The molecule has 2 unspecified atom stereocenters. The fourth-order valence-corrected chi connectivity index (χ4v) is 4.33. The van der Waals surface area contributed by atoms with Crippen LogP contribution in [0, 0.1) is 0 Å². The molecule has 1 aromatic rings. The first-order valence-corrected chi connectivity index (χ1v) is 8.33. The molecule has 1 aromatic heterocycles. The summed E-state index contributed by atoms with van der Waals surface area (Å²) in [5.74, 6) is 0.754. The average Bonchev–Trinajstić information content (AvgIpc) is 2.74.